The second-order valence-electron chi connectivity index (χ2n) is 9.17. The van der Waals surface area contributed by atoms with Gasteiger partial charge in [0.2, 0.25) is 11.8 Å². The molecule has 2 heterocycles. The number of fused-ring (bicyclic) bond motifs is 1. The molecule has 0 saturated carbocycles. The van der Waals surface area contributed by atoms with Gasteiger partial charge in [0, 0.05) is 44.7 Å². The van der Waals surface area contributed by atoms with Crippen LogP contribution in [0.25, 0.3) is 0 Å². The number of carbonyl (C=O) groups excluding carboxylic acids is 2. The molecule has 3 N–H and O–H groups in total. The highest BCUT2D eigenvalue weighted by Crippen LogP contribution is 2.28. The van der Waals surface area contributed by atoms with Crippen LogP contribution in [0, 0.1) is 0 Å². The lowest BCUT2D eigenvalue weighted by molar-refractivity contribution is -0.126. The predicted octanol–water partition coefficient (Wildman–Crippen LogP) is 1.87. The molecular formula is C26H34N4O4. The smallest absolute Gasteiger partial charge is 0.239 e. The Labute approximate surface area is 200 Å². The van der Waals surface area contributed by atoms with Gasteiger partial charge < -0.3 is 20.5 Å². The van der Waals surface area contributed by atoms with E-state index >= 15 is 0 Å². The second-order valence-corrected chi connectivity index (χ2v) is 9.17. The Morgan fingerprint density at radius 1 is 1.15 bits per heavy atom. The van der Waals surface area contributed by atoms with Gasteiger partial charge in [-0.25, -0.2) is 0 Å². The zero-order chi connectivity index (χ0) is 24.1. The molecule has 34 heavy (non-hydrogen) atoms. The van der Waals surface area contributed by atoms with Crippen LogP contribution in [0.1, 0.15) is 30.4 Å². The van der Waals surface area contributed by atoms with Crippen molar-refractivity contribution in [3.05, 3.63) is 59.7 Å². The summed E-state index contributed by atoms with van der Waals surface area (Å²) in [7, 11) is 3.70. The van der Waals surface area contributed by atoms with Crippen LogP contribution < -0.4 is 15.4 Å². The monoisotopic (exact) mass is 466 g/mol. The first-order valence-corrected chi connectivity index (χ1v) is 11.9. The number of benzene rings is 2. The fraction of sp³-hybridized carbons (Fsp3) is 0.462. The van der Waals surface area contributed by atoms with E-state index in [-0.39, 0.29) is 35.7 Å². The lowest BCUT2D eigenvalue weighted by atomic mass is 10.0. The number of phenols is 1. The first-order valence-electron chi connectivity index (χ1n) is 11.9. The first-order chi connectivity index (χ1) is 16.4. The zero-order valence-electron chi connectivity index (χ0n) is 19.9. The van der Waals surface area contributed by atoms with E-state index in [0.29, 0.717) is 32.5 Å². The largest absolute Gasteiger partial charge is 0.508 e. The van der Waals surface area contributed by atoms with E-state index in [1.807, 2.05) is 36.4 Å². The maximum atomic E-state index is 13.0. The Morgan fingerprint density at radius 3 is 2.56 bits per heavy atom. The van der Waals surface area contributed by atoms with Crippen LogP contribution in [-0.2, 0) is 22.7 Å². The third-order valence-corrected chi connectivity index (χ3v) is 7.02. The summed E-state index contributed by atoms with van der Waals surface area (Å²) in [5.74, 6) is 1.10. The predicted molar refractivity (Wildman–Crippen MR) is 129 cm³/mol. The van der Waals surface area contributed by atoms with Crippen molar-refractivity contribution in [2.24, 2.45) is 0 Å². The highest BCUT2D eigenvalue weighted by atomic mass is 16.5. The summed E-state index contributed by atoms with van der Waals surface area (Å²) >= 11 is 0. The van der Waals surface area contributed by atoms with Gasteiger partial charge in [0.15, 0.2) is 0 Å². The number of nitrogens with one attached hydrogen (secondary N) is 2. The third-order valence-electron chi connectivity index (χ3n) is 7.02. The number of hydrogen-bond acceptors (Lipinski definition) is 6. The summed E-state index contributed by atoms with van der Waals surface area (Å²) in [5, 5.41) is 15.6. The molecule has 0 spiro atoms. The van der Waals surface area contributed by atoms with Crippen molar-refractivity contribution in [3.63, 3.8) is 0 Å². The average Bonchev–Trinajstić information content (AvgIpc) is 3.22. The van der Waals surface area contributed by atoms with Crippen LogP contribution in [0.4, 0.5) is 0 Å². The molecule has 0 radical (unpaired) electrons. The number of likely N-dealkylation sites (N-methyl/N-ethyl adjacent to an activating group) is 1. The molecule has 2 aliphatic rings. The Kier molecular flexibility index (Phi) is 7.70. The standard InChI is InChI=1S/C26H34N4O4/c1-29-20(7-12-24(32)27-15-18-5-10-22(34-2)11-6-18)16-28-26(33)25-23(29)13-14-30(25)17-19-3-8-21(31)9-4-19/h3-6,8-11,20,23,25,31H,7,12-17H2,1-2H3,(H,27,32)(H,28,33)/t20-,23+,25-/m0/s1. The van der Waals surface area contributed by atoms with E-state index in [1.165, 1.54) is 0 Å². The number of ether oxygens (including phenoxy) is 1. The van der Waals surface area contributed by atoms with Crippen molar-refractivity contribution < 1.29 is 19.4 Å². The maximum Gasteiger partial charge on any atom is 0.239 e. The molecule has 0 bridgehead atoms. The van der Waals surface area contributed by atoms with E-state index in [9.17, 15) is 14.7 Å². The molecule has 2 saturated heterocycles. The number of rotatable bonds is 8. The molecule has 0 unspecified atom stereocenters. The number of phenolic OH excluding ortho intramolecular Hbond substituents is 1. The minimum atomic E-state index is -0.215. The molecule has 2 amide bonds. The summed E-state index contributed by atoms with van der Waals surface area (Å²) in [6.45, 7) is 2.53. The number of nitrogens with zero attached hydrogens (tertiary/aromatic N) is 2. The fourth-order valence-corrected chi connectivity index (χ4v) is 4.99. The van der Waals surface area contributed by atoms with E-state index in [4.69, 9.17) is 4.74 Å². The Bertz CT molecular complexity index is 979. The second kappa shape index (κ2) is 10.9. The number of likely N-dealkylation sites (tertiary alicyclic amines) is 1. The number of hydrogen-bond donors (Lipinski definition) is 3. The van der Waals surface area contributed by atoms with Crippen molar-refractivity contribution in [1.29, 1.82) is 0 Å². The van der Waals surface area contributed by atoms with Gasteiger partial charge in [0.05, 0.1) is 7.11 Å². The van der Waals surface area contributed by atoms with Gasteiger partial charge in [-0.3, -0.25) is 19.4 Å². The van der Waals surface area contributed by atoms with Gasteiger partial charge in [0.25, 0.3) is 0 Å². The van der Waals surface area contributed by atoms with Gasteiger partial charge >= 0.3 is 0 Å². The molecule has 2 aromatic carbocycles. The van der Waals surface area contributed by atoms with Crippen molar-refractivity contribution >= 4 is 11.8 Å². The van der Waals surface area contributed by atoms with Gasteiger partial charge in [0.1, 0.15) is 17.5 Å². The van der Waals surface area contributed by atoms with Crippen LogP contribution in [-0.4, -0.2) is 72.1 Å². The quantitative estimate of drug-likeness (QED) is 0.550. The van der Waals surface area contributed by atoms with Crippen LogP contribution >= 0.6 is 0 Å². The molecular weight excluding hydrogens is 432 g/mol. The Morgan fingerprint density at radius 2 is 1.85 bits per heavy atom. The molecule has 2 fully saturated rings. The molecule has 8 heteroatoms. The number of carbonyl (C=O) groups is 2. The zero-order valence-corrected chi connectivity index (χ0v) is 19.9. The highest BCUT2D eigenvalue weighted by molar-refractivity contribution is 5.83. The van der Waals surface area contributed by atoms with Gasteiger partial charge in [-0.1, -0.05) is 24.3 Å². The van der Waals surface area contributed by atoms with Gasteiger partial charge in [-0.05, 0) is 55.3 Å². The van der Waals surface area contributed by atoms with E-state index < -0.39 is 0 Å². The van der Waals surface area contributed by atoms with Crippen molar-refractivity contribution in [3.8, 4) is 11.5 Å². The van der Waals surface area contributed by atoms with E-state index in [0.717, 1.165) is 29.8 Å². The van der Waals surface area contributed by atoms with Gasteiger partial charge in [-0.15, -0.1) is 0 Å². The van der Waals surface area contributed by atoms with Crippen LogP contribution in [0.3, 0.4) is 0 Å². The summed E-state index contributed by atoms with van der Waals surface area (Å²) in [5.41, 5.74) is 2.10. The number of aromatic hydroxyl groups is 1. The Hall–Kier alpha value is -3.10. The SMILES string of the molecule is COc1ccc(CNC(=O)CC[C@H]2CNC(=O)[C@@H]3[C@@H](CCN3Cc3ccc(O)cc3)N2C)cc1. The van der Waals surface area contributed by atoms with Crippen molar-refractivity contribution in [2.45, 2.75) is 50.5 Å². The minimum absolute atomic E-state index is 0.0109. The molecule has 4 rings (SSSR count). The lowest BCUT2D eigenvalue weighted by Gasteiger charge is -2.33. The molecule has 8 nitrogen and oxygen atoms in total. The van der Waals surface area contributed by atoms with Crippen molar-refractivity contribution in [2.75, 3.05) is 27.2 Å². The summed E-state index contributed by atoms with van der Waals surface area (Å²) in [6.07, 6.45) is 2.01. The topological polar surface area (TPSA) is 94.1 Å². The van der Waals surface area contributed by atoms with Crippen LogP contribution in [0.5, 0.6) is 11.5 Å². The summed E-state index contributed by atoms with van der Waals surface area (Å²) < 4.78 is 5.16. The highest BCUT2D eigenvalue weighted by Gasteiger charge is 2.44. The molecule has 3 atom stereocenters. The minimum Gasteiger partial charge on any atom is -0.508 e. The molecule has 182 valence electrons. The lowest BCUT2D eigenvalue weighted by Crippen LogP contribution is -2.49. The Balaban J connectivity index is 1.30. The van der Waals surface area contributed by atoms with E-state index in [1.54, 1.807) is 19.2 Å². The molecule has 0 aliphatic carbocycles. The number of amides is 2. The van der Waals surface area contributed by atoms with Crippen LogP contribution in [0.2, 0.25) is 0 Å². The van der Waals surface area contributed by atoms with E-state index in [2.05, 4.69) is 27.5 Å². The van der Waals surface area contributed by atoms with Crippen molar-refractivity contribution in [1.82, 2.24) is 20.4 Å². The third kappa shape index (κ3) is 5.69. The fourth-order valence-electron chi connectivity index (χ4n) is 4.99. The first kappa shape index (κ1) is 24.0. The average molecular weight is 467 g/mol. The summed E-state index contributed by atoms with van der Waals surface area (Å²) in [6, 6.07) is 14.8. The molecule has 0 aromatic heterocycles. The summed E-state index contributed by atoms with van der Waals surface area (Å²) in [4.78, 5) is 30.0. The van der Waals surface area contributed by atoms with Crippen LogP contribution in [0.15, 0.2) is 48.5 Å². The maximum absolute atomic E-state index is 13.0. The molecule has 2 aromatic rings. The van der Waals surface area contributed by atoms with Gasteiger partial charge in [-0.2, -0.15) is 0 Å². The normalized spacial score (nSPS) is 23.1. The number of methoxy groups -OCH3 is 1. The molecule has 2 aliphatic heterocycles.